The molecule has 0 saturated carbocycles. The summed E-state index contributed by atoms with van der Waals surface area (Å²) in [5.74, 6) is -3.44. The summed E-state index contributed by atoms with van der Waals surface area (Å²) in [6, 6.07) is 15.5. The van der Waals surface area contributed by atoms with Crippen molar-refractivity contribution in [3.63, 3.8) is 0 Å². The lowest BCUT2D eigenvalue weighted by molar-refractivity contribution is 0.235. The van der Waals surface area contributed by atoms with Crippen molar-refractivity contribution in [2.24, 2.45) is 0 Å². The maximum Gasteiger partial charge on any atom is 0.341 e. The number of hydrogen-bond acceptors (Lipinski definition) is 5. The molecule has 28 heavy (non-hydrogen) atoms. The molecule has 0 spiro atoms. The highest BCUT2D eigenvalue weighted by atomic mass is 32.2. The fraction of sp³-hybridized carbons (Fsp3) is 0.350. The summed E-state index contributed by atoms with van der Waals surface area (Å²) in [5, 5.41) is 8.88. The normalized spacial score (nSPS) is 16.0. The van der Waals surface area contributed by atoms with Crippen LogP contribution in [-0.4, -0.2) is 45.3 Å². The molecule has 2 aromatic carbocycles. The van der Waals surface area contributed by atoms with Gasteiger partial charge in [0.15, 0.2) is 0 Å². The van der Waals surface area contributed by atoms with Gasteiger partial charge in [-0.1, -0.05) is 24.3 Å². The summed E-state index contributed by atoms with van der Waals surface area (Å²) in [4.78, 5) is 3.80. The molecule has 0 atom stereocenters. The van der Waals surface area contributed by atoms with Crippen LogP contribution in [0, 0.1) is 11.3 Å². The molecule has 1 saturated heterocycles. The summed E-state index contributed by atoms with van der Waals surface area (Å²) in [6.45, 7) is 3.37. The van der Waals surface area contributed by atoms with E-state index in [0.717, 1.165) is 25.1 Å². The Bertz CT molecular complexity index is 956. The van der Waals surface area contributed by atoms with Crippen LogP contribution in [0.2, 0.25) is 0 Å². The van der Waals surface area contributed by atoms with E-state index in [4.69, 9.17) is 5.26 Å². The van der Waals surface area contributed by atoms with Crippen LogP contribution in [-0.2, 0) is 16.4 Å². The first-order valence-corrected chi connectivity index (χ1v) is 10.5. The third-order valence-corrected chi connectivity index (χ3v) is 6.25. The van der Waals surface area contributed by atoms with Crippen molar-refractivity contribution < 1.29 is 17.2 Å². The first-order chi connectivity index (χ1) is 13.4. The van der Waals surface area contributed by atoms with Gasteiger partial charge in [-0.15, -0.1) is 0 Å². The van der Waals surface area contributed by atoms with Gasteiger partial charge in [0.05, 0.1) is 22.2 Å². The lowest BCUT2D eigenvalue weighted by atomic mass is 10.1. The highest BCUT2D eigenvalue weighted by molar-refractivity contribution is 7.91. The lowest BCUT2D eigenvalue weighted by Gasteiger charge is -2.25. The SMILES string of the molecule is N#Cc1ccc(CN2CCCN(c3ccccc3S(=O)(=O)C(F)F)CC2)cc1. The van der Waals surface area contributed by atoms with Gasteiger partial charge in [0.1, 0.15) is 0 Å². The molecule has 0 radical (unpaired) electrons. The second kappa shape index (κ2) is 8.67. The Labute approximate surface area is 163 Å². The Balaban J connectivity index is 1.73. The van der Waals surface area contributed by atoms with Gasteiger partial charge in [-0.25, -0.2) is 8.42 Å². The molecule has 2 aromatic rings. The molecule has 0 amide bonds. The van der Waals surface area contributed by atoms with Crippen molar-refractivity contribution in [3.8, 4) is 6.07 Å². The molecule has 1 aliphatic rings. The topological polar surface area (TPSA) is 64.4 Å². The maximum atomic E-state index is 13.0. The van der Waals surface area contributed by atoms with Gasteiger partial charge in [-0.2, -0.15) is 14.0 Å². The molecule has 0 unspecified atom stereocenters. The maximum absolute atomic E-state index is 13.0. The number of benzene rings is 2. The van der Waals surface area contributed by atoms with Crippen LogP contribution in [0.25, 0.3) is 0 Å². The zero-order valence-electron chi connectivity index (χ0n) is 15.3. The van der Waals surface area contributed by atoms with Crippen LogP contribution in [0.3, 0.4) is 0 Å². The summed E-state index contributed by atoms with van der Waals surface area (Å²) >= 11 is 0. The van der Waals surface area contributed by atoms with E-state index in [9.17, 15) is 17.2 Å². The van der Waals surface area contributed by atoms with Crippen molar-refractivity contribution in [1.82, 2.24) is 4.90 Å². The van der Waals surface area contributed by atoms with Crippen molar-refractivity contribution in [3.05, 3.63) is 59.7 Å². The molecule has 0 aromatic heterocycles. The highest BCUT2D eigenvalue weighted by Gasteiger charge is 2.31. The predicted octanol–water partition coefficient (Wildman–Crippen LogP) is 3.27. The Hall–Kier alpha value is -2.50. The molecule has 1 aliphatic heterocycles. The number of halogens is 2. The Morgan fingerprint density at radius 1 is 1.00 bits per heavy atom. The molecule has 5 nitrogen and oxygen atoms in total. The number of nitriles is 1. The van der Waals surface area contributed by atoms with Gasteiger partial charge in [-0.3, -0.25) is 4.90 Å². The average Bonchev–Trinajstić information content (AvgIpc) is 2.94. The van der Waals surface area contributed by atoms with E-state index in [2.05, 4.69) is 11.0 Å². The summed E-state index contributed by atoms with van der Waals surface area (Å²) < 4.78 is 50.2. The second-order valence-corrected chi connectivity index (χ2v) is 8.59. The largest absolute Gasteiger partial charge is 0.369 e. The third kappa shape index (κ3) is 4.49. The Kier molecular flexibility index (Phi) is 6.27. The van der Waals surface area contributed by atoms with Crippen molar-refractivity contribution >= 4 is 15.5 Å². The highest BCUT2D eigenvalue weighted by Crippen LogP contribution is 2.30. The quantitative estimate of drug-likeness (QED) is 0.764. The average molecular weight is 405 g/mol. The second-order valence-electron chi connectivity index (χ2n) is 6.70. The van der Waals surface area contributed by atoms with Gasteiger partial charge in [0, 0.05) is 32.7 Å². The van der Waals surface area contributed by atoms with E-state index < -0.39 is 15.6 Å². The smallest absolute Gasteiger partial charge is 0.341 e. The molecule has 0 N–H and O–H groups in total. The predicted molar refractivity (Wildman–Crippen MR) is 103 cm³/mol. The van der Waals surface area contributed by atoms with Crippen molar-refractivity contribution in [1.29, 1.82) is 5.26 Å². The first kappa shape index (κ1) is 20.2. The fourth-order valence-corrected chi connectivity index (χ4v) is 4.32. The minimum Gasteiger partial charge on any atom is -0.369 e. The summed E-state index contributed by atoms with van der Waals surface area (Å²) in [7, 11) is -4.65. The Morgan fingerprint density at radius 2 is 1.71 bits per heavy atom. The van der Waals surface area contributed by atoms with Gasteiger partial charge < -0.3 is 4.90 Å². The van der Waals surface area contributed by atoms with Crippen molar-refractivity contribution in [2.45, 2.75) is 23.6 Å². The zero-order chi connectivity index (χ0) is 20.1. The van der Waals surface area contributed by atoms with Gasteiger partial charge in [-0.05, 0) is 36.2 Å². The van der Waals surface area contributed by atoms with Gasteiger partial charge in [0.2, 0.25) is 9.84 Å². The standard InChI is InChI=1S/C20H21F2N3O2S/c21-20(22)28(26,27)19-5-2-1-4-18(19)25-11-3-10-24(12-13-25)15-17-8-6-16(14-23)7-9-17/h1-2,4-9,20H,3,10-13,15H2. The van der Waals surface area contributed by atoms with E-state index >= 15 is 0 Å². The minimum atomic E-state index is -4.65. The van der Waals surface area contributed by atoms with Crippen LogP contribution in [0.5, 0.6) is 0 Å². The van der Waals surface area contributed by atoms with Gasteiger partial charge in [0.25, 0.3) is 0 Å². The molecular weight excluding hydrogens is 384 g/mol. The number of hydrogen-bond donors (Lipinski definition) is 0. The summed E-state index contributed by atoms with van der Waals surface area (Å²) in [6.07, 6.45) is 0.791. The van der Waals surface area contributed by atoms with Crippen LogP contribution in [0.15, 0.2) is 53.4 Å². The molecule has 8 heteroatoms. The third-order valence-electron chi connectivity index (χ3n) is 4.82. The van der Waals surface area contributed by atoms with Crippen LogP contribution in [0.4, 0.5) is 14.5 Å². The molecule has 0 bridgehead atoms. The number of alkyl halides is 2. The Morgan fingerprint density at radius 3 is 2.39 bits per heavy atom. The van der Waals surface area contributed by atoms with Gasteiger partial charge >= 0.3 is 5.76 Å². The van der Waals surface area contributed by atoms with Crippen molar-refractivity contribution in [2.75, 3.05) is 31.1 Å². The minimum absolute atomic E-state index is 0.314. The number of rotatable bonds is 5. The molecule has 148 valence electrons. The fourth-order valence-electron chi connectivity index (χ4n) is 3.37. The van der Waals surface area contributed by atoms with E-state index in [1.54, 1.807) is 24.3 Å². The van der Waals surface area contributed by atoms with Crippen LogP contribution >= 0.6 is 0 Å². The van der Waals surface area contributed by atoms with Crippen LogP contribution in [0.1, 0.15) is 17.5 Å². The zero-order valence-corrected chi connectivity index (χ0v) is 16.1. The molecule has 1 fully saturated rings. The molecule has 3 rings (SSSR count). The number of nitrogens with zero attached hydrogens (tertiary/aromatic N) is 3. The number of sulfone groups is 1. The lowest BCUT2D eigenvalue weighted by Crippen LogP contribution is -2.31. The molecule has 0 aliphatic carbocycles. The van der Waals surface area contributed by atoms with Crippen LogP contribution < -0.4 is 4.90 Å². The van der Waals surface area contributed by atoms with E-state index in [1.807, 2.05) is 17.0 Å². The van der Waals surface area contributed by atoms with E-state index in [-0.39, 0.29) is 4.90 Å². The van der Waals surface area contributed by atoms with E-state index in [1.165, 1.54) is 12.1 Å². The molecular formula is C20H21F2N3O2S. The van der Waals surface area contributed by atoms with E-state index in [0.29, 0.717) is 30.9 Å². The summed E-state index contributed by atoms with van der Waals surface area (Å²) in [5.41, 5.74) is 2.04. The first-order valence-electron chi connectivity index (χ1n) is 8.99. The monoisotopic (exact) mass is 405 g/mol. The number of anilines is 1. The molecule has 1 heterocycles. The number of para-hydroxylation sites is 1.